The number of thioether (sulfide) groups is 1. The van der Waals surface area contributed by atoms with Crippen LogP contribution in [0.4, 0.5) is 0 Å². The summed E-state index contributed by atoms with van der Waals surface area (Å²) in [6, 6.07) is 9.17. The number of benzene rings is 1. The summed E-state index contributed by atoms with van der Waals surface area (Å²) in [4.78, 5) is 42.1. The van der Waals surface area contributed by atoms with Crippen LogP contribution >= 0.6 is 23.1 Å². The Labute approximate surface area is 164 Å². The molecule has 0 saturated carbocycles. The van der Waals surface area contributed by atoms with Gasteiger partial charge in [0.2, 0.25) is 5.91 Å². The van der Waals surface area contributed by atoms with Crippen molar-refractivity contribution in [3.8, 4) is 0 Å². The van der Waals surface area contributed by atoms with E-state index in [1.165, 1.54) is 34.6 Å². The fourth-order valence-electron chi connectivity index (χ4n) is 2.53. The van der Waals surface area contributed by atoms with Crippen LogP contribution in [-0.4, -0.2) is 27.0 Å². The molecule has 0 saturated heterocycles. The first kappa shape index (κ1) is 19.3. The number of rotatable bonds is 6. The molecule has 8 heteroatoms. The van der Waals surface area contributed by atoms with Gasteiger partial charge in [-0.05, 0) is 31.2 Å². The maximum Gasteiger partial charge on any atom is 0.261 e. The van der Waals surface area contributed by atoms with Crippen LogP contribution < -0.4 is 10.9 Å². The van der Waals surface area contributed by atoms with Gasteiger partial charge in [0.25, 0.3) is 5.56 Å². The quantitative estimate of drug-likeness (QED) is 0.390. The lowest BCUT2D eigenvalue weighted by Gasteiger charge is -2.08. The summed E-state index contributed by atoms with van der Waals surface area (Å²) in [7, 11) is 1.67. The molecule has 3 aromatic rings. The molecule has 0 aliphatic rings. The summed E-state index contributed by atoms with van der Waals surface area (Å²) < 4.78 is 1.48. The number of Topliss-reactive ketones (excluding diaryl/α,β-unsaturated/α-hetero) is 1. The number of carbonyl (C=O) groups excluding carboxylic acids is 2. The van der Waals surface area contributed by atoms with Gasteiger partial charge in [0.1, 0.15) is 0 Å². The Morgan fingerprint density at radius 1 is 1.26 bits per heavy atom. The maximum absolute atomic E-state index is 12.5. The molecule has 1 aromatic carbocycles. The van der Waals surface area contributed by atoms with Crippen molar-refractivity contribution in [3.05, 3.63) is 56.0 Å². The highest BCUT2D eigenvalue weighted by molar-refractivity contribution is 7.99. The van der Waals surface area contributed by atoms with Crippen LogP contribution in [0.15, 0.2) is 40.3 Å². The van der Waals surface area contributed by atoms with E-state index in [1.54, 1.807) is 13.1 Å². The van der Waals surface area contributed by atoms with Gasteiger partial charge in [-0.1, -0.05) is 23.4 Å². The van der Waals surface area contributed by atoms with Crippen LogP contribution in [0, 0.1) is 6.92 Å². The van der Waals surface area contributed by atoms with Crippen LogP contribution in [0.25, 0.3) is 10.9 Å². The fraction of sp³-hybridized carbons (Fsp3) is 0.263. The molecule has 3 rings (SSSR count). The molecule has 1 amide bonds. The number of nitrogens with one attached hydrogen (secondary N) is 1. The number of hydrogen-bond donors (Lipinski definition) is 1. The third-order valence-electron chi connectivity index (χ3n) is 3.97. The van der Waals surface area contributed by atoms with Crippen LogP contribution in [-0.2, 0) is 18.4 Å². The lowest BCUT2D eigenvalue weighted by Crippen LogP contribution is -2.20. The van der Waals surface area contributed by atoms with Crippen molar-refractivity contribution < 1.29 is 9.59 Å². The fourth-order valence-corrected chi connectivity index (χ4v) is 4.36. The number of hydrogen-bond acceptors (Lipinski definition) is 6. The van der Waals surface area contributed by atoms with Gasteiger partial charge in [-0.15, -0.1) is 11.3 Å². The molecule has 0 spiro atoms. The van der Waals surface area contributed by atoms with E-state index < -0.39 is 0 Å². The van der Waals surface area contributed by atoms with Crippen molar-refractivity contribution in [1.82, 2.24) is 14.9 Å². The number of aromatic nitrogens is 2. The Balaban J connectivity index is 1.74. The first-order valence-electron chi connectivity index (χ1n) is 8.31. The molecule has 0 bridgehead atoms. The molecule has 27 heavy (non-hydrogen) atoms. The van der Waals surface area contributed by atoms with Crippen LogP contribution in [0.3, 0.4) is 0 Å². The van der Waals surface area contributed by atoms with Crippen molar-refractivity contribution in [2.45, 2.75) is 25.5 Å². The number of carbonyl (C=O) groups is 2. The van der Waals surface area contributed by atoms with Crippen LogP contribution in [0.2, 0.25) is 0 Å². The van der Waals surface area contributed by atoms with Gasteiger partial charge in [0, 0.05) is 18.8 Å². The minimum absolute atomic E-state index is 0.0303. The second-order valence-electron chi connectivity index (χ2n) is 6.17. The minimum atomic E-state index is -0.118. The van der Waals surface area contributed by atoms with E-state index >= 15 is 0 Å². The predicted molar refractivity (Wildman–Crippen MR) is 109 cm³/mol. The van der Waals surface area contributed by atoms with Crippen LogP contribution in [0.5, 0.6) is 0 Å². The van der Waals surface area contributed by atoms with E-state index in [4.69, 9.17) is 0 Å². The third-order valence-corrected chi connectivity index (χ3v) is 6.13. The van der Waals surface area contributed by atoms with Gasteiger partial charge >= 0.3 is 0 Å². The Morgan fingerprint density at radius 3 is 2.78 bits per heavy atom. The van der Waals surface area contributed by atoms with Gasteiger partial charge in [-0.3, -0.25) is 19.0 Å². The maximum atomic E-state index is 12.5. The van der Waals surface area contributed by atoms with Crippen molar-refractivity contribution in [2.75, 3.05) is 5.75 Å². The SMILES string of the molecule is CC(=O)NCc1ccc(C(=O)CSc2nc3ccc(C)cc3c(=O)n2C)s1. The standard InChI is InChI=1S/C19H19N3O3S2/c1-11-4-6-15-14(8-11)18(25)22(3)19(21-15)26-10-16(24)17-7-5-13(27-17)9-20-12(2)23/h4-8H,9-10H2,1-3H3,(H,20,23). The molecule has 6 nitrogen and oxygen atoms in total. The Hall–Kier alpha value is -2.45. The van der Waals surface area contributed by atoms with Gasteiger partial charge in [-0.2, -0.15) is 0 Å². The molecular weight excluding hydrogens is 382 g/mol. The predicted octanol–water partition coefficient (Wildman–Crippen LogP) is 2.91. The number of fused-ring (bicyclic) bond motifs is 1. The Morgan fingerprint density at radius 2 is 2.04 bits per heavy atom. The average Bonchev–Trinajstić information content (AvgIpc) is 3.11. The average molecular weight is 402 g/mol. The van der Waals surface area contributed by atoms with E-state index in [1.807, 2.05) is 31.2 Å². The van der Waals surface area contributed by atoms with Crippen molar-refractivity contribution in [1.29, 1.82) is 0 Å². The lowest BCUT2D eigenvalue weighted by molar-refractivity contribution is -0.119. The van der Waals surface area contributed by atoms with Gasteiger partial charge in [0.15, 0.2) is 10.9 Å². The van der Waals surface area contributed by atoms with Crippen molar-refractivity contribution in [2.24, 2.45) is 7.05 Å². The number of thiophene rings is 1. The largest absolute Gasteiger partial charge is 0.351 e. The molecule has 140 valence electrons. The molecular formula is C19H19N3O3S2. The monoisotopic (exact) mass is 401 g/mol. The number of nitrogens with zero attached hydrogens (tertiary/aromatic N) is 2. The highest BCUT2D eigenvalue weighted by Crippen LogP contribution is 2.22. The molecule has 1 N–H and O–H groups in total. The Kier molecular flexibility index (Phi) is 5.76. The van der Waals surface area contributed by atoms with E-state index in [-0.39, 0.29) is 23.0 Å². The number of aryl methyl sites for hydroxylation is 1. The normalized spacial score (nSPS) is 10.9. The van der Waals surface area contributed by atoms with Gasteiger partial charge in [0.05, 0.1) is 28.1 Å². The zero-order valence-corrected chi connectivity index (χ0v) is 16.9. The highest BCUT2D eigenvalue weighted by atomic mass is 32.2. The van der Waals surface area contributed by atoms with E-state index in [0.717, 1.165) is 10.4 Å². The summed E-state index contributed by atoms with van der Waals surface area (Å²) in [5.74, 6) is 0.0558. The second kappa shape index (κ2) is 8.06. The van der Waals surface area contributed by atoms with Crippen LogP contribution in [0.1, 0.15) is 27.0 Å². The summed E-state index contributed by atoms with van der Waals surface area (Å²) >= 11 is 2.61. The summed E-state index contributed by atoms with van der Waals surface area (Å²) in [5.41, 5.74) is 1.52. The smallest absolute Gasteiger partial charge is 0.261 e. The molecule has 0 aliphatic heterocycles. The molecule has 2 aromatic heterocycles. The molecule has 2 heterocycles. The summed E-state index contributed by atoms with van der Waals surface area (Å²) in [6.45, 7) is 3.81. The van der Waals surface area contributed by atoms with Crippen molar-refractivity contribution >= 4 is 45.7 Å². The minimum Gasteiger partial charge on any atom is -0.351 e. The topological polar surface area (TPSA) is 81.1 Å². The zero-order valence-electron chi connectivity index (χ0n) is 15.2. The summed E-state index contributed by atoms with van der Waals surface area (Å²) in [5, 5.41) is 3.80. The van der Waals surface area contributed by atoms with Crippen molar-refractivity contribution in [3.63, 3.8) is 0 Å². The lowest BCUT2D eigenvalue weighted by atomic mass is 10.2. The number of amides is 1. The molecule has 0 unspecified atom stereocenters. The molecule has 0 atom stereocenters. The van der Waals surface area contributed by atoms with E-state index in [9.17, 15) is 14.4 Å². The molecule has 0 fully saturated rings. The first-order valence-corrected chi connectivity index (χ1v) is 10.1. The van der Waals surface area contributed by atoms with E-state index in [2.05, 4.69) is 10.3 Å². The summed E-state index contributed by atoms with van der Waals surface area (Å²) in [6.07, 6.45) is 0. The van der Waals surface area contributed by atoms with Gasteiger partial charge < -0.3 is 5.32 Å². The first-order chi connectivity index (χ1) is 12.8. The molecule has 0 aliphatic carbocycles. The second-order valence-corrected chi connectivity index (χ2v) is 8.28. The third kappa shape index (κ3) is 4.45. The number of ketones is 1. The zero-order chi connectivity index (χ0) is 19.6. The molecule has 0 radical (unpaired) electrons. The van der Waals surface area contributed by atoms with E-state index in [0.29, 0.717) is 27.5 Å². The van der Waals surface area contributed by atoms with Gasteiger partial charge in [-0.25, -0.2) is 4.98 Å². The highest BCUT2D eigenvalue weighted by Gasteiger charge is 2.14. The Bertz CT molecular complexity index is 1090.